The SMILES string of the molecule is CCCC(NC(C)O)C1CCC1C. The van der Waals surface area contributed by atoms with Crippen molar-refractivity contribution < 1.29 is 5.11 Å². The molecular weight excluding hydrogens is 162 g/mol. The van der Waals surface area contributed by atoms with Crippen LogP contribution in [-0.2, 0) is 0 Å². The van der Waals surface area contributed by atoms with Crippen LogP contribution in [0, 0.1) is 11.8 Å². The second-order valence-electron chi connectivity index (χ2n) is 4.46. The number of nitrogens with one attached hydrogen (secondary N) is 1. The maximum atomic E-state index is 9.29. The van der Waals surface area contributed by atoms with Gasteiger partial charge in [-0.2, -0.15) is 0 Å². The van der Waals surface area contributed by atoms with Crippen LogP contribution in [0.5, 0.6) is 0 Å². The Hall–Kier alpha value is -0.0800. The first-order valence-electron chi connectivity index (χ1n) is 5.59. The van der Waals surface area contributed by atoms with Gasteiger partial charge in [-0.05, 0) is 31.6 Å². The lowest BCUT2D eigenvalue weighted by atomic mass is 9.70. The first kappa shape index (κ1) is 11.0. The highest BCUT2D eigenvalue weighted by Gasteiger charge is 2.33. The van der Waals surface area contributed by atoms with Gasteiger partial charge in [-0.15, -0.1) is 0 Å². The average molecular weight is 185 g/mol. The van der Waals surface area contributed by atoms with Crippen molar-refractivity contribution in [2.24, 2.45) is 11.8 Å². The molecule has 1 aliphatic rings. The van der Waals surface area contributed by atoms with Gasteiger partial charge in [0, 0.05) is 6.04 Å². The Morgan fingerprint density at radius 3 is 2.46 bits per heavy atom. The van der Waals surface area contributed by atoms with E-state index in [9.17, 15) is 5.11 Å². The van der Waals surface area contributed by atoms with Gasteiger partial charge in [0.2, 0.25) is 0 Å². The summed E-state index contributed by atoms with van der Waals surface area (Å²) < 4.78 is 0. The molecule has 13 heavy (non-hydrogen) atoms. The number of aliphatic hydroxyl groups is 1. The summed E-state index contributed by atoms with van der Waals surface area (Å²) in [5.74, 6) is 1.65. The summed E-state index contributed by atoms with van der Waals surface area (Å²) in [6.07, 6.45) is 4.75. The van der Waals surface area contributed by atoms with E-state index in [1.54, 1.807) is 0 Å². The first-order chi connectivity index (χ1) is 6.15. The van der Waals surface area contributed by atoms with E-state index < -0.39 is 0 Å². The molecular formula is C11H23NO. The Morgan fingerprint density at radius 2 is 2.15 bits per heavy atom. The Labute approximate surface area is 81.7 Å². The minimum absolute atomic E-state index is 0.357. The van der Waals surface area contributed by atoms with Crippen LogP contribution in [0.4, 0.5) is 0 Å². The Kier molecular flexibility index (Phi) is 4.20. The van der Waals surface area contributed by atoms with Crippen molar-refractivity contribution in [3.05, 3.63) is 0 Å². The predicted octanol–water partition coefficient (Wildman–Crippen LogP) is 2.13. The van der Waals surface area contributed by atoms with Crippen molar-refractivity contribution in [2.45, 2.75) is 58.7 Å². The molecule has 4 unspecified atom stereocenters. The predicted molar refractivity (Wildman–Crippen MR) is 55.4 cm³/mol. The van der Waals surface area contributed by atoms with Gasteiger partial charge in [-0.3, -0.25) is 5.32 Å². The van der Waals surface area contributed by atoms with Gasteiger partial charge < -0.3 is 5.11 Å². The highest BCUT2D eigenvalue weighted by molar-refractivity contribution is 4.87. The Balaban J connectivity index is 2.36. The molecule has 2 nitrogen and oxygen atoms in total. The maximum Gasteiger partial charge on any atom is 0.102 e. The summed E-state index contributed by atoms with van der Waals surface area (Å²) in [4.78, 5) is 0. The van der Waals surface area contributed by atoms with E-state index >= 15 is 0 Å². The summed E-state index contributed by atoms with van der Waals surface area (Å²) in [5, 5.41) is 12.6. The van der Waals surface area contributed by atoms with E-state index in [4.69, 9.17) is 0 Å². The molecule has 0 bridgehead atoms. The van der Waals surface area contributed by atoms with Crippen molar-refractivity contribution in [1.82, 2.24) is 5.32 Å². The third kappa shape index (κ3) is 2.96. The van der Waals surface area contributed by atoms with E-state index in [0.29, 0.717) is 6.04 Å². The van der Waals surface area contributed by atoms with Crippen molar-refractivity contribution in [2.75, 3.05) is 0 Å². The number of rotatable bonds is 5. The monoisotopic (exact) mass is 185 g/mol. The lowest BCUT2D eigenvalue weighted by molar-refractivity contribution is 0.0738. The fraction of sp³-hybridized carbons (Fsp3) is 1.00. The third-order valence-electron chi connectivity index (χ3n) is 3.26. The van der Waals surface area contributed by atoms with Crippen LogP contribution < -0.4 is 5.32 Å². The summed E-state index contributed by atoms with van der Waals surface area (Å²) in [6.45, 7) is 6.34. The highest BCUT2D eigenvalue weighted by Crippen LogP contribution is 2.37. The smallest absolute Gasteiger partial charge is 0.102 e. The zero-order chi connectivity index (χ0) is 9.84. The van der Waals surface area contributed by atoms with E-state index in [1.165, 1.54) is 25.7 Å². The molecule has 0 aliphatic heterocycles. The molecule has 1 fully saturated rings. The van der Waals surface area contributed by atoms with Crippen molar-refractivity contribution in [3.8, 4) is 0 Å². The molecule has 2 N–H and O–H groups in total. The Bertz CT molecular complexity index is 147. The lowest BCUT2D eigenvalue weighted by Gasteiger charge is -2.41. The molecule has 0 aromatic rings. The van der Waals surface area contributed by atoms with Crippen LogP contribution >= 0.6 is 0 Å². The van der Waals surface area contributed by atoms with Crippen molar-refractivity contribution >= 4 is 0 Å². The van der Waals surface area contributed by atoms with Crippen LogP contribution in [0.15, 0.2) is 0 Å². The van der Waals surface area contributed by atoms with E-state index in [2.05, 4.69) is 19.2 Å². The van der Waals surface area contributed by atoms with Crippen LogP contribution in [0.1, 0.15) is 46.5 Å². The van der Waals surface area contributed by atoms with Gasteiger partial charge in [-0.1, -0.05) is 26.7 Å². The topological polar surface area (TPSA) is 32.3 Å². The zero-order valence-corrected chi connectivity index (χ0v) is 9.09. The highest BCUT2D eigenvalue weighted by atomic mass is 16.3. The van der Waals surface area contributed by atoms with Gasteiger partial charge in [0.25, 0.3) is 0 Å². The molecule has 0 radical (unpaired) electrons. The van der Waals surface area contributed by atoms with Crippen LogP contribution in [0.2, 0.25) is 0 Å². The third-order valence-corrected chi connectivity index (χ3v) is 3.26. The molecule has 4 atom stereocenters. The van der Waals surface area contributed by atoms with Gasteiger partial charge in [0.05, 0.1) is 0 Å². The van der Waals surface area contributed by atoms with Crippen LogP contribution in [-0.4, -0.2) is 17.4 Å². The second-order valence-corrected chi connectivity index (χ2v) is 4.46. The van der Waals surface area contributed by atoms with E-state index in [1.807, 2.05) is 6.92 Å². The molecule has 2 heteroatoms. The van der Waals surface area contributed by atoms with Gasteiger partial charge in [0.15, 0.2) is 0 Å². The van der Waals surface area contributed by atoms with Gasteiger partial charge >= 0.3 is 0 Å². The molecule has 0 heterocycles. The molecule has 1 saturated carbocycles. The summed E-state index contributed by atoms with van der Waals surface area (Å²) in [7, 11) is 0. The molecule has 0 amide bonds. The summed E-state index contributed by atoms with van der Waals surface area (Å²) >= 11 is 0. The quantitative estimate of drug-likeness (QED) is 0.643. The van der Waals surface area contributed by atoms with Crippen LogP contribution in [0.25, 0.3) is 0 Å². The lowest BCUT2D eigenvalue weighted by Crippen LogP contribution is -2.47. The normalized spacial score (nSPS) is 32.3. The summed E-state index contributed by atoms with van der Waals surface area (Å²) in [5.41, 5.74) is 0. The first-order valence-corrected chi connectivity index (χ1v) is 5.59. The molecule has 0 aromatic carbocycles. The molecule has 0 saturated heterocycles. The molecule has 1 aliphatic carbocycles. The number of aliphatic hydroxyl groups excluding tert-OH is 1. The van der Waals surface area contributed by atoms with Crippen molar-refractivity contribution in [3.63, 3.8) is 0 Å². The van der Waals surface area contributed by atoms with Crippen molar-refractivity contribution in [1.29, 1.82) is 0 Å². The zero-order valence-electron chi connectivity index (χ0n) is 9.09. The Morgan fingerprint density at radius 1 is 1.46 bits per heavy atom. The molecule has 0 spiro atoms. The van der Waals surface area contributed by atoms with Crippen LogP contribution in [0.3, 0.4) is 0 Å². The second kappa shape index (κ2) is 4.97. The standard InChI is InChI=1S/C11H23NO/c1-4-5-11(12-9(3)13)10-7-6-8(10)2/h8-13H,4-7H2,1-3H3. The largest absolute Gasteiger partial charge is 0.379 e. The fourth-order valence-electron chi connectivity index (χ4n) is 2.33. The fourth-order valence-corrected chi connectivity index (χ4v) is 2.33. The van der Waals surface area contributed by atoms with Gasteiger partial charge in [-0.25, -0.2) is 0 Å². The number of hydrogen-bond acceptors (Lipinski definition) is 2. The molecule has 78 valence electrons. The van der Waals surface area contributed by atoms with E-state index in [0.717, 1.165) is 11.8 Å². The molecule has 0 aromatic heterocycles. The average Bonchev–Trinajstić information content (AvgIpc) is 2.01. The van der Waals surface area contributed by atoms with Gasteiger partial charge in [0.1, 0.15) is 6.23 Å². The van der Waals surface area contributed by atoms with E-state index in [-0.39, 0.29) is 6.23 Å². The minimum atomic E-state index is -0.357. The number of hydrogen-bond donors (Lipinski definition) is 2. The maximum absolute atomic E-state index is 9.29. The minimum Gasteiger partial charge on any atom is -0.379 e. The molecule has 1 rings (SSSR count). The summed E-state index contributed by atoms with van der Waals surface area (Å²) in [6, 6.07) is 0.536.